The first-order valence-electron chi connectivity index (χ1n) is 5.11. The molecule has 0 aliphatic carbocycles. The molecule has 82 valence electrons. The highest BCUT2D eigenvalue weighted by molar-refractivity contribution is 6.30. The van der Waals surface area contributed by atoms with Crippen molar-refractivity contribution in [3.63, 3.8) is 0 Å². The van der Waals surface area contributed by atoms with Gasteiger partial charge in [-0.2, -0.15) is 0 Å². The lowest BCUT2D eigenvalue weighted by molar-refractivity contribution is -0.118. The summed E-state index contributed by atoms with van der Waals surface area (Å²) >= 11 is 5.80. The van der Waals surface area contributed by atoms with Crippen molar-refractivity contribution in [3.8, 4) is 0 Å². The molecule has 0 spiro atoms. The van der Waals surface area contributed by atoms with E-state index >= 15 is 0 Å². The fourth-order valence-corrected chi connectivity index (χ4v) is 1.61. The Labute approximate surface area is 95.6 Å². The molecule has 1 atom stereocenters. The van der Waals surface area contributed by atoms with E-state index in [4.69, 9.17) is 11.6 Å². The minimum absolute atomic E-state index is 0.0674. The van der Waals surface area contributed by atoms with E-state index in [0.717, 1.165) is 12.1 Å². The van der Waals surface area contributed by atoms with Crippen molar-refractivity contribution < 1.29 is 4.79 Å². The van der Waals surface area contributed by atoms with Gasteiger partial charge in [-0.3, -0.25) is 4.79 Å². The van der Waals surface area contributed by atoms with E-state index in [9.17, 15) is 4.79 Å². The SMILES string of the molecule is CCNCC(C(C)=O)c1ccc(Cl)cc1. The maximum absolute atomic E-state index is 11.5. The first-order valence-corrected chi connectivity index (χ1v) is 5.49. The Morgan fingerprint density at radius 2 is 2.00 bits per heavy atom. The third kappa shape index (κ3) is 3.65. The molecule has 15 heavy (non-hydrogen) atoms. The van der Waals surface area contributed by atoms with Crippen LogP contribution in [-0.4, -0.2) is 18.9 Å². The molecule has 0 heterocycles. The van der Waals surface area contributed by atoms with Crippen molar-refractivity contribution in [2.45, 2.75) is 19.8 Å². The maximum Gasteiger partial charge on any atom is 0.138 e. The lowest BCUT2D eigenvalue weighted by Crippen LogP contribution is -2.25. The molecule has 0 saturated carbocycles. The van der Waals surface area contributed by atoms with Gasteiger partial charge in [0.2, 0.25) is 0 Å². The second-order valence-corrected chi connectivity index (χ2v) is 3.96. The molecule has 0 radical (unpaired) electrons. The molecule has 0 aromatic heterocycles. The lowest BCUT2D eigenvalue weighted by atomic mass is 9.95. The van der Waals surface area contributed by atoms with Crippen molar-refractivity contribution in [2.24, 2.45) is 0 Å². The summed E-state index contributed by atoms with van der Waals surface area (Å²) in [7, 11) is 0. The largest absolute Gasteiger partial charge is 0.316 e. The lowest BCUT2D eigenvalue weighted by Gasteiger charge is -2.14. The molecule has 0 aliphatic heterocycles. The predicted octanol–water partition coefficient (Wildman–Crippen LogP) is 2.62. The molecule has 0 bridgehead atoms. The van der Waals surface area contributed by atoms with Crippen LogP contribution in [0, 0.1) is 0 Å². The molecule has 2 nitrogen and oxygen atoms in total. The van der Waals surface area contributed by atoms with Gasteiger partial charge < -0.3 is 5.32 Å². The Hall–Kier alpha value is -0.860. The van der Waals surface area contributed by atoms with Gasteiger partial charge in [-0.1, -0.05) is 30.7 Å². The first-order chi connectivity index (χ1) is 7.15. The number of carbonyl (C=O) groups excluding carboxylic acids is 1. The van der Waals surface area contributed by atoms with Gasteiger partial charge in [-0.15, -0.1) is 0 Å². The zero-order valence-electron chi connectivity index (χ0n) is 9.09. The number of rotatable bonds is 5. The van der Waals surface area contributed by atoms with Crippen LogP contribution in [0.4, 0.5) is 0 Å². The van der Waals surface area contributed by atoms with Crippen LogP contribution in [0.3, 0.4) is 0 Å². The zero-order valence-corrected chi connectivity index (χ0v) is 9.84. The summed E-state index contributed by atoms with van der Waals surface area (Å²) in [5.41, 5.74) is 1.02. The molecular formula is C12H16ClNO. The van der Waals surface area contributed by atoms with Gasteiger partial charge >= 0.3 is 0 Å². The van der Waals surface area contributed by atoms with Gasteiger partial charge in [-0.05, 0) is 31.2 Å². The normalized spacial score (nSPS) is 12.5. The Balaban J connectivity index is 2.79. The van der Waals surface area contributed by atoms with E-state index < -0.39 is 0 Å². The van der Waals surface area contributed by atoms with Gasteiger partial charge in [0.1, 0.15) is 5.78 Å². The molecule has 0 aliphatic rings. The molecule has 0 saturated heterocycles. The van der Waals surface area contributed by atoms with Crippen molar-refractivity contribution in [3.05, 3.63) is 34.9 Å². The summed E-state index contributed by atoms with van der Waals surface area (Å²) in [5, 5.41) is 3.89. The highest BCUT2D eigenvalue weighted by Crippen LogP contribution is 2.18. The summed E-state index contributed by atoms with van der Waals surface area (Å²) in [5.74, 6) is 0.112. The summed E-state index contributed by atoms with van der Waals surface area (Å²) in [6.45, 7) is 5.21. The second kappa shape index (κ2) is 5.89. The summed E-state index contributed by atoms with van der Waals surface area (Å²) in [4.78, 5) is 11.5. The molecule has 0 fully saturated rings. The molecule has 1 unspecified atom stereocenters. The number of halogens is 1. The summed E-state index contributed by atoms with van der Waals surface area (Å²) < 4.78 is 0. The third-order valence-electron chi connectivity index (χ3n) is 2.36. The van der Waals surface area contributed by atoms with E-state index in [1.165, 1.54) is 0 Å². The molecule has 1 aromatic rings. The number of carbonyl (C=O) groups is 1. The molecule has 1 rings (SSSR count). The number of likely N-dealkylation sites (N-methyl/N-ethyl adjacent to an activating group) is 1. The number of hydrogen-bond acceptors (Lipinski definition) is 2. The third-order valence-corrected chi connectivity index (χ3v) is 2.61. The van der Waals surface area contributed by atoms with Crippen molar-refractivity contribution >= 4 is 17.4 Å². The minimum atomic E-state index is -0.0674. The average Bonchev–Trinajstić information content (AvgIpc) is 2.21. The van der Waals surface area contributed by atoms with Gasteiger partial charge in [0.15, 0.2) is 0 Å². The Kier molecular flexibility index (Phi) is 4.79. The number of nitrogens with one attached hydrogen (secondary N) is 1. The van der Waals surface area contributed by atoms with E-state index in [1.54, 1.807) is 6.92 Å². The van der Waals surface area contributed by atoms with Crippen LogP contribution >= 0.6 is 11.6 Å². The van der Waals surface area contributed by atoms with Gasteiger partial charge in [0.25, 0.3) is 0 Å². The molecule has 1 N–H and O–H groups in total. The van der Waals surface area contributed by atoms with Crippen LogP contribution < -0.4 is 5.32 Å². The van der Waals surface area contributed by atoms with Crippen LogP contribution in [0.15, 0.2) is 24.3 Å². The fraction of sp³-hybridized carbons (Fsp3) is 0.417. The quantitative estimate of drug-likeness (QED) is 0.835. The van der Waals surface area contributed by atoms with Crippen molar-refractivity contribution in [2.75, 3.05) is 13.1 Å². The minimum Gasteiger partial charge on any atom is -0.316 e. The Morgan fingerprint density at radius 1 is 1.40 bits per heavy atom. The fourth-order valence-electron chi connectivity index (χ4n) is 1.48. The highest BCUT2D eigenvalue weighted by atomic mass is 35.5. The van der Waals surface area contributed by atoms with Crippen molar-refractivity contribution in [1.29, 1.82) is 0 Å². The molecule has 1 aromatic carbocycles. The maximum atomic E-state index is 11.5. The zero-order chi connectivity index (χ0) is 11.3. The molecular weight excluding hydrogens is 210 g/mol. The number of ketones is 1. The Morgan fingerprint density at radius 3 is 2.47 bits per heavy atom. The standard InChI is InChI=1S/C12H16ClNO/c1-3-14-8-12(9(2)15)10-4-6-11(13)7-5-10/h4-7,12,14H,3,8H2,1-2H3. The predicted molar refractivity (Wildman–Crippen MR) is 63.4 cm³/mol. The first kappa shape index (κ1) is 12.2. The van der Waals surface area contributed by atoms with Crippen LogP contribution in [0.2, 0.25) is 5.02 Å². The summed E-state index contributed by atoms with van der Waals surface area (Å²) in [6.07, 6.45) is 0. The topological polar surface area (TPSA) is 29.1 Å². The number of hydrogen-bond donors (Lipinski definition) is 1. The van der Waals surface area contributed by atoms with Crippen LogP contribution in [-0.2, 0) is 4.79 Å². The van der Waals surface area contributed by atoms with Crippen LogP contribution in [0.5, 0.6) is 0 Å². The number of Topliss-reactive ketones (excluding diaryl/α,β-unsaturated/α-hetero) is 1. The van der Waals surface area contributed by atoms with E-state index in [2.05, 4.69) is 5.32 Å². The van der Waals surface area contributed by atoms with Gasteiger partial charge in [0.05, 0.1) is 5.92 Å². The van der Waals surface area contributed by atoms with E-state index in [1.807, 2.05) is 31.2 Å². The molecule has 0 amide bonds. The van der Waals surface area contributed by atoms with E-state index in [0.29, 0.717) is 11.6 Å². The second-order valence-electron chi connectivity index (χ2n) is 3.52. The van der Waals surface area contributed by atoms with E-state index in [-0.39, 0.29) is 11.7 Å². The Bertz CT molecular complexity index is 321. The van der Waals surface area contributed by atoms with Crippen molar-refractivity contribution in [1.82, 2.24) is 5.32 Å². The highest BCUT2D eigenvalue weighted by Gasteiger charge is 2.15. The van der Waals surface area contributed by atoms with Crippen LogP contribution in [0.1, 0.15) is 25.3 Å². The van der Waals surface area contributed by atoms with Crippen LogP contribution in [0.25, 0.3) is 0 Å². The average molecular weight is 226 g/mol. The van der Waals surface area contributed by atoms with Gasteiger partial charge in [0, 0.05) is 11.6 Å². The monoisotopic (exact) mass is 225 g/mol. The summed E-state index contributed by atoms with van der Waals surface area (Å²) in [6, 6.07) is 7.45. The van der Waals surface area contributed by atoms with Gasteiger partial charge in [-0.25, -0.2) is 0 Å². The smallest absolute Gasteiger partial charge is 0.138 e. The molecule has 3 heteroatoms. The number of benzene rings is 1.